The molecule has 0 heterocycles. The Labute approximate surface area is 106 Å². The smallest absolute Gasteiger partial charge is 0.225 e. The number of para-hydroxylation sites is 2. The molecule has 1 aromatic carbocycles. The van der Waals surface area contributed by atoms with Gasteiger partial charge in [-0.05, 0) is 24.1 Å². The van der Waals surface area contributed by atoms with Gasteiger partial charge in [0.15, 0.2) is 12.0 Å². The summed E-state index contributed by atoms with van der Waals surface area (Å²) in [5.41, 5.74) is 0. The van der Waals surface area contributed by atoms with Crippen molar-refractivity contribution in [2.24, 2.45) is 0 Å². The quantitative estimate of drug-likeness (QED) is 0.597. The average molecular weight is 254 g/mol. The van der Waals surface area contributed by atoms with E-state index in [1.54, 1.807) is 7.11 Å². The zero-order valence-corrected chi connectivity index (χ0v) is 12.7. The van der Waals surface area contributed by atoms with Crippen molar-refractivity contribution in [1.29, 1.82) is 0 Å². The van der Waals surface area contributed by atoms with Crippen LogP contribution in [0, 0.1) is 0 Å². The molecule has 1 rings (SSSR count). The number of rotatable bonds is 5. The lowest BCUT2D eigenvalue weighted by Crippen LogP contribution is -2.17. The van der Waals surface area contributed by atoms with Crippen LogP contribution in [0.2, 0.25) is 5.04 Å². The summed E-state index contributed by atoms with van der Waals surface area (Å²) in [7, 11) is 0.992. The molecule has 3 nitrogen and oxygen atoms in total. The monoisotopic (exact) mass is 254 g/mol. The molecule has 1 atom stereocenters. The lowest BCUT2D eigenvalue weighted by Gasteiger charge is -2.21. The standard InChI is InChI=1S/C13H22O3Si/c1-10(14-5)15-11-8-6-7-9-12(11)16-17-13(2,3)4/h6-10H,17H2,1-5H3. The Kier molecular flexibility index (Phi) is 5.02. The van der Waals surface area contributed by atoms with Crippen LogP contribution in [0.1, 0.15) is 27.7 Å². The molecule has 0 saturated carbocycles. The average Bonchev–Trinajstić information content (AvgIpc) is 2.26. The highest BCUT2D eigenvalue weighted by molar-refractivity contribution is 6.32. The van der Waals surface area contributed by atoms with Gasteiger partial charge in [-0.2, -0.15) is 0 Å². The van der Waals surface area contributed by atoms with Crippen LogP contribution in [-0.2, 0) is 4.74 Å². The topological polar surface area (TPSA) is 27.7 Å². The third-order valence-electron chi connectivity index (χ3n) is 2.13. The fourth-order valence-corrected chi connectivity index (χ4v) is 2.01. The van der Waals surface area contributed by atoms with E-state index in [0.717, 1.165) is 11.5 Å². The van der Waals surface area contributed by atoms with E-state index in [-0.39, 0.29) is 11.3 Å². The third-order valence-corrected chi connectivity index (χ3v) is 3.46. The minimum absolute atomic E-state index is 0.264. The summed E-state index contributed by atoms with van der Waals surface area (Å²) in [6.07, 6.45) is -0.268. The van der Waals surface area contributed by atoms with E-state index in [1.165, 1.54) is 0 Å². The Balaban J connectivity index is 2.70. The van der Waals surface area contributed by atoms with Gasteiger partial charge in [0.25, 0.3) is 0 Å². The first-order valence-corrected chi connectivity index (χ1v) is 7.12. The van der Waals surface area contributed by atoms with E-state index < -0.39 is 9.76 Å². The largest absolute Gasteiger partial charge is 0.546 e. The van der Waals surface area contributed by atoms with Crippen molar-refractivity contribution in [2.75, 3.05) is 7.11 Å². The van der Waals surface area contributed by atoms with Crippen molar-refractivity contribution < 1.29 is 13.9 Å². The van der Waals surface area contributed by atoms with E-state index in [2.05, 4.69) is 20.8 Å². The molecular weight excluding hydrogens is 232 g/mol. The molecule has 1 aromatic rings. The number of hydrogen-bond donors (Lipinski definition) is 0. The Morgan fingerprint density at radius 3 is 2.24 bits per heavy atom. The van der Waals surface area contributed by atoms with Gasteiger partial charge in [-0.25, -0.2) is 0 Å². The van der Waals surface area contributed by atoms with Crippen molar-refractivity contribution in [3.05, 3.63) is 24.3 Å². The predicted molar refractivity (Wildman–Crippen MR) is 72.4 cm³/mol. The molecule has 0 aliphatic heterocycles. The fourth-order valence-electron chi connectivity index (χ4n) is 1.19. The summed E-state index contributed by atoms with van der Waals surface area (Å²) in [4.78, 5) is 0. The second-order valence-corrected chi connectivity index (χ2v) is 7.92. The summed E-state index contributed by atoms with van der Waals surface area (Å²) >= 11 is 0. The molecule has 0 spiro atoms. The van der Waals surface area contributed by atoms with Crippen LogP contribution in [0.25, 0.3) is 0 Å². The maximum atomic E-state index is 5.91. The lowest BCUT2D eigenvalue weighted by atomic mass is 10.3. The lowest BCUT2D eigenvalue weighted by molar-refractivity contribution is -0.0391. The zero-order valence-electron chi connectivity index (χ0n) is 11.3. The van der Waals surface area contributed by atoms with Crippen LogP contribution in [0.5, 0.6) is 11.5 Å². The van der Waals surface area contributed by atoms with Crippen molar-refractivity contribution >= 4 is 9.76 Å². The molecule has 0 fully saturated rings. The summed E-state index contributed by atoms with van der Waals surface area (Å²) < 4.78 is 16.6. The first kappa shape index (κ1) is 14.1. The molecule has 0 aliphatic carbocycles. The molecule has 0 bridgehead atoms. The molecule has 17 heavy (non-hydrogen) atoms. The molecule has 0 radical (unpaired) electrons. The van der Waals surface area contributed by atoms with Crippen LogP contribution in [0.4, 0.5) is 0 Å². The van der Waals surface area contributed by atoms with Gasteiger partial charge in [-0.15, -0.1) is 0 Å². The van der Waals surface area contributed by atoms with Crippen LogP contribution in [-0.4, -0.2) is 23.2 Å². The van der Waals surface area contributed by atoms with Crippen LogP contribution in [0.3, 0.4) is 0 Å². The molecular formula is C13H22O3Si. The van der Waals surface area contributed by atoms with E-state index in [0.29, 0.717) is 0 Å². The van der Waals surface area contributed by atoms with Gasteiger partial charge >= 0.3 is 0 Å². The van der Waals surface area contributed by atoms with Crippen molar-refractivity contribution in [1.82, 2.24) is 0 Å². The molecule has 0 aromatic heterocycles. The highest BCUT2D eigenvalue weighted by Gasteiger charge is 2.15. The summed E-state index contributed by atoms with van der Waals surface area (Å²) in [5.74, 6) is 1.57. The van der Waals surface area contributed by atoms with Crippen molar-refractivity contribution in [2.45, 2.75) is 39.0 Å². The SMILES string of the molecule is COC(C)Oc1ccccc1O[SiH2]C(C)(C)C. The molecule has 0 N–H and O–H groups in total. The van der Waals surface area contributed by atoms with Gasteiger partial charge in [0.2, 0.25) is 9.76 Å². The van der Waals surface area contributed by atoms with Crippen LogP contribution < -0.4 is 9.16 Å². The van der Waals surface area contributed by atoms with Crippen molar-refractivity contribution in [3.8, 4) is 11.5 Å². The molecule has 0 saturated heterocycles. The van der Waals surface area contributed by atoms with E-state index in [1.807, 2.05) is 31.2 Å². The Morgan fingerprint density at radius 2 is 1.71 bits per heavy atom. The minimum atomic E-state index is -0.631. The third kappa shape index (κ3) is 5.24. The minimum Gasteiger partial charge on any atom is -0.546 e. The molecule has 96 valence electrons. The van der Waals surface area contributed by atoms with E-state index in [4.69, 9.17) is 13.9 Å². The Morgan fingerprint density at radius 1 is 1.12 bits per heavy atom. The normalized spacial score (nSPS) is 13.9. The maximum absolute atomic E-state index is 5.91. The summed E-state index contributed by atoms with van der Waals surface area (Å²) in [6, 6.07) is 7.73. The highest BCUT2D eigenvalue weighted by atomic mass is 28.2. The molecule has 0 aliphatic rings. The Hall–Kier alpha value is -1.00. The first-order chi connectivity index (χ1) is 7.92. The molecule has 1 unspecified atom stereocenters. The van der Waals surface area contributed by atoms with Gasteiger partial charge in [0.1, 0.15) is 5.75 Å². The second kappa shape index (κ2) is 6.07. The second-order valence-electron chi connectivity index (χ2n) is 5.22. The maximum Gasteiger partial charge on any atom is 0.225 e. The number of benzene rings is 1. The Bertz CT molecular complexity index is 347. The molecule has 0 amide bonds. The van der Waals surface area contributed by atoms with Crippen molar-refractivity contribution in [3.63, 3.8) is 0 Å². The number of hydrogen-bond acceptors (Lipinski definition) is 3. The van der Waals surface area contributed by atoms with Gasteiger partial charge < -0.3 is 13.9 Å². The molecule has 4 heteroatoms. The van der Waals surface area contributed by atoms with Crippen LogP contribution >= 0.6 is 0 Å². The van der Waals surface area contributed by atoms with E-state index >= 15 is 0 Å². The van der Waals surface area contributed by atoms with Gasteiger partial charge in [-0.1, -0.05) is 32.9 Å². The van der Waals surface area contributed by atoms with Crippen LogP contribution in [0.15, 0.2) is 24.3 Å². The number of methoxy groups -OCH3 is 1. The number of ether oxygens (including phenoxy) is 2. The summed E-state index contributed by atoms with van der Waals surface area (Å²) in [5, 5.41) is 0.264. The zero-order chi connectivity index (χ0) is 12.9. The van der Waals surface area contributed by atoms with Gasteiger partial charge in [0, 0.05) is 7.11 Å². The highest BCUT2D eigenvalue weighted by Crippen LogP contribution is 2.30. The predicted octanol–water partition coefficient (Wildman–Crippen LogP) is 2.74. The van der Waals surface area contributed by atoms with E-state index in [9.17, 15) is 0 Å². The van der Waals surface area contributed by atoms with Gasteiger partial charge in [0.05, 0.1) is 0 Å². The van der Waals surface area contributed by atoms with Gasteiger partial charge in [-0.3, -0.25) is 0 Å². The first-order valence-electron chi connectivity index (χ1n) is 5.83. The fraction of sp³-hybridized carbons (Fsp3) is 0.538. The summed E-state index contributed by atoms with van der Waals surface area (Å²) in [6.45, 7) is 8.44.